The zero-order chi connectivity index (χ0) is 13.0. The Morgan fingerprint density at radius 3 is 2.65 bits per heavy atom. The van der Waals surface area contributed by atoms with Crippen molar-refractivity contribution >= 4 is 17.5 Å². The van der Waals surface area contributed by atoms with Crippen LogP contribution in [0.2, 0.25) is 5.02 Å². The van der Waals surface area contributed by atoms with Gasteiger partial charge < -0.3 is 14.7 Å². The Kier molecular flexibility index (Phi) is 4.78. The second-order valence-corrected chi connectivity index (χ2v) is 4.32. The van der Waals surface area contributed by atoms with Crippen LogP contribution in [-0.2, 0) is 11.4 Å². The molecule has 0 saturated carbocycles. The molecule has 1 unspecified atom stereocenters. The van der Waals surface area contributed by atoms with Crippen LogP contribution in [0.5, 0.6) is 5.75 Å². The van der Waals surface area contributed by atoms with Crippen molar-refractivity contribution < 1.29 is 14.6 Å². The van der Waals surface area contributed by atoms with Crippen LogP contribution in [0.4, 0.5) is 0 Å². The van der Waals surface area contributed by atoms with Crippen LogP contribution in [0, 0.1) is 0 Å². The smallest absolute Gasteiger partial charge is 0.262 e. The molecule has 0 aliphatic carbocycles. The number of hydrogen-bond acceptors (Lipinski definition) is 3. The largest absolute Gasteiger partial charge is 0.479 e. The maximum atomic E-state index is 11.6. The second kappa shape index (κ2) is 5.89. The van der Waals surface area contributed by atoms with Crippen molar-refractivity contribution in [1.82, 2.24) is 4.90 Å². The summed E-state index contributed by atoms with van der Waals surface area (Å²) in [6.45, 7) is 1.59. The second-order valence-electron chi connectivity index (χ2n) is 3.92. The minimum atomic E-state index is -0.595. The molecule has 0 saturated heterocycles. The average Bonchev–Trinajstić information content (AvgIpc) is 2.30. The van der Waals surface area contributed by atoms with Gasteiger partial charge in [-0.25, -0.2) is 0 Å². The molecule has 1 amide bonds. The summed E-state index contributed by atoms with van der Waals surface area (Å²) in [4.78, 5) is 13.1. The van der Waals surface area contributed by atoms with Gasteiger partial charge in [-0.15, -0.1) is 0 Å². The molecule has 0 aliphatic heterocycles. The topological polar surface area (TPSA) is 49.8 Å². The summed E-state index contributed by atoms with van der Waals surface area (Å²) in [5.41, 5.74) is 0.703. The van der Waals surface area contributed by atoms with Crippen molar-refractivity contribution in [1.29, 1.82) is 0 Å². The lowest BCUT2D eigenvalue weighted by molar-refractivity contribution is -0.135. The molecular weight excluding hydrogens is 242 g/mol. The van der Waals surface area contributed by atoms with Crippen molar-refractivity contribution in [2.75, 3.05) is 14.1 Å². The van der Waals surface area contributed by atoms with E-state index in [2.05, 4.69) is 0 Å². The highest BCUT2D eigenvalue weighted by Crippen LogP contribution is 2.26. The summed E-state index contributed by atoms with van der Waals surface area (Å²) in [5, 5.41) is 9.32. The first-order valence-corrected chi connectivity index (χ1v) is 5.60. The van der Waals surface area contributed by atoms with Crippen molar-refractivity contribution in [3.63, 3.8) is 0 Å². The molecule has 1 aromatic carbocycles. The van der Waals surface area contributed by atoms with E-state index in [1.165, 1.54) is 4.90 Å². The van der Waals surface area contributed by atoms with Gasteiger partial charge in [0.2, 0.25) is 0 Å². The van der Waals surface area contributed by atoms with Crippen molar-refractivity contribution in [2.24, 2.45) is 0 Å². The van der Waals surface area contributed by atoms with E-state index in [1.54, 1.807) is 39.2 Å². The van der Waals surface area contributed by atoms with Gasteiger partial charge in [0, 0.05) is 14.1 Å². The van der Waals surface area contributed by atoms with Gasteiger partial charge in [0.25, 0.3) is 5.91 Å². The SMILES string of the molecule is CC(Oc1ccc(CO)cc1Cl)C(=O)N(C)C. The van der Waals surface area contributed by atoms with Crippen LogP contribution in [0.15, 0.2) is 18.2 Å². The fourth-order valence-electron chi connectivity index (χ4n) is 1.34. The summed E-state index contributed by atoms with van der Waals surface area (Å²) < 4.78 is 5.46. The molecule has 17 heavy (non-hydrogen) atoms. The number of ether oxygens (including phenoxy) is 1. The van der Waals surface area contributed by atoms with Gasteiger partial charge in [-0.1, -0.05) is 17.7 Å². The lowest BCUT2D eigenvalue weighted by atomic mass is 10.2. The molecule has 0 radical (unpaired) electrons. The van der Waals surface area contributed by atoms with Crippen LogP contribution in [-0.4, -0.2) is 36.1 Å². The molecule has 0 spiro atoms. The van der Waals surface area contributed by atoms with Crippen molar-refractivity contribution in [2.45, 2.75) is 19.6 Å². The Labute approximate surface area is 106 Å². The van der Waals surface area contributed by atoms with Crippen molar-refractivity contribution in [3.05, 3.63) is 28.8 Å². The molecule has 1 atom stereocenters. The van der Waals surface area contributed by atoms with Gasteiger partial charge in [-0.05, 0) is 24.6 Å². The Bertz CT molecular complexity index is 407. The van der Waals surface area contributed by atoms with Gasteiger partial charge in [0.1, 0.15) is 5.75 Å². The van der Waals surface area contributed by atoms with Gasteiger partial charge in [0.15, 0.2) is 6.10 Å². The van der Waals surface area contributed by atoms with E-state index in [9.17, 15) is 4.79 Å². The zero-order valence-electron chi connectivity index (χ0n) is 10.1. The fraction of sp³-hybridized carbons (Fsp3) is 0.417. The Hall–Kier alpha value is -1.26. The van der Waals surface area contributed by atoms with E-state index in [0.717, 1.165) is 0 Å². The molecule has 0 bridgehead atoms. The van der Waals surface area contributed by atoms with Crippen molar-refractivity contribution in [3.8, 4) is 5.75 Å². The maximum Gasteiger partial charge on any atom is 0.262 e. The lowest BCUT2D eigenvalue weighted by Crippen LogP contribution is -2.35. The van der Waals surface area contributed by atoms with E-state index in [0.29, 0.717) is 16.3 Å². The first-order valence-electron chi connectivity index (χ1n) is 5.22. The van der Waals surface area contributed by atoms with Crippen LogP contribution in [0.25, 0.3) is 0 Å². The van der Waals surface area contributed by atoms with Crippen LogP contribution >= 0.6 is 11.6 Å². The van der Waals surface area contributed by atoms with E-state index in [1.807, 2.05) is 0 Å². The summed E-state index contributed by atoms with van der Waals surface area (Å²) >= 11 is 5.98. The van der Waals surface area contributed by atoms with Gasteiger partial charge in [0.05, 0.1) is 11.6 Å². The standard InChI is InChI=1S/C12H16ClNO3/c1-8(12(16)14(2)3)17-11-5-4-9(7-15)6-10(11)13/h4-6,8,15H,7H2,1-3H3. The average molecular weight is 258 g/mol. The predicted molar refractivity (Wildman–Crippen MR) is 66.2 cm³/mol. The lowest BCUT2D eigenvalue weighted by Gasteiger charge is -2.19. The predicted octanol–water partition coefficient (Wildman–Crippen LogP) is 1.69. The van der Waals surface area contributed by atoms with Crippen LogP contribution in [0.1, 0.15) is 12.5 Å². The molecule has 0 aliphatic rings. The number of nitrogens with zero attached hydrogens (tertiary/aromatic N) is 1. The van der Waals surface area contributed by atoms with Gasteiger partial charge in [-0.3, -0.25) is 4.79 Å². The zero-order valence-corrected chi connectivity index (χ0v) is 10.9. The van der Waals surface area contributed by atoms with Crippen LogP contribution < -0.4 is 4.74 Å². The molecule has 0 heterocycles. The minimum Gasteiger partial charge on any atom is -0.479 e. The molecule has 1 aromatic rings. The summed E-state index contributed by atoms with van der Waals surface area (Å²) in [6.07, 6.45) is -0.595. The molecule has 4 nitrogen and oxygen atoms in total. The molecule has 1 N–H and O–H groups in total. The number of halogens is 1. The first kappa shape index (κ1) is 13.8. The number of benzene rings is 1. The van der Waals surface area contributed by atoms with Crippen LogP contribution in [0.3, 0.4) is 0 Å². The van der Waals surface area contributed by atoms with Gasteiger partial charge >= 0.3 is 0 Å². The maximum absolute atomic E-state index is 11.6. The summed E-state index contributed by atoms with van der Waals surface area (Å²) in [6, 6.07) is 4.96. The number of aliphatic hydroxyl groups excluding tert-OH is 1. The quantitative estimate of drug-likeness (QED) is 0.893. The van der Waals surface area contributed by atoms with Gasteiger partial charge in [-0.2, -0.15) is 0 Å². The highest BCUT2D eigenvalue weighted by Gasteiger charge is 2.17. The highest BCUT2D eigenvalue weighted by atomic mass is 35.5. The van der Waals surface area contributed by atoms with E-state index < -0.39 is 6.10 Å². The normalized spacial score (nSPS) is 12.1. The Balaban J connectivity index is 2.78. The minimum absolute atomic E-state index is 0.0772. The third-order valence-electron chi connectivity index (χ3n) is 2.27. The number of hydrogen-bond donors (Lipinski definition) is 1. The monoisotopic (exact) mass is 257 g/mol. The van der Waals surface area contributed by atoms with E-state index in [4.69, 9.17) is 21.4 Å². The summed E-state index contributed by atoms with van der Waals surface area (Å²) in [7, 11) is 3.33. The molecule has 94 valence electrons. The molecule has 0 fully saturated rings. The third kappa shape index (κ3) is 3.61. The number of likely N-dealkylation sites (N-methyl/N-ethyl adjacent to an activating group) is 1. The number of carbonyl (C=O) groups is 1. The number of rotatable bonds is 4. The highest BCUT2D eigenvalue weighted by molar-refractivity contribution is 6.32. The Morgan fingerprint density at radius 2 is 2.18 bits per heavy atom. The molecule has 5 heteroatoms. The number of carbonyl (C=O) groups excluding carboxylic acids is 1. The number of amides is 1. The molecule has 0 aromatic heterocycles. The first-order chi connectivity index (χ1) is 7.95. The Morgan fingerprint density at radius 1 is 1.53 bits per heavy atom. The fourth-order valence-corrected chi connectivity index (χ4v) is 1.59. The molecule has 1 rings (SSSR count). The molecular formula is C12H16ClNO3. The van der Waals surface area contributed by atoms with E-state index in [-0.39, 0.29) is 12.5 Å². The summed E-state index contributed by atoms with van der Waals surface area (Å²) in [5.74, 6) is 0.305. The third-order valence-corrected chi connectivity index (χ3v) is 2.57. The van der Waals surface area contributed by atoms with E-state index >= 15 is 0 Å². The number of aliphatic hydroxyl groups is 1.